The predicted octanol–water partition coefficient (Wildman–Crippen LogP) is 3.30. The zero-order chi connectivity index (χ0) is 20.9. The predicted molar refractivity (Wildman–Crippen MR) is 114 cm³/mol. The monoisotopic (exact) mass is 431 g/mol. The van der Waals surface area contributed by atoms with E-state index in [9.17, 15) is 13.2 Å². The highest BCUT2D eigenvalue weighted by molar-refractivity contribution is 7.89. The third kappa shape index (κ3) is 5.63. The van der Waals surface area contributed by atoms with Crippen molar-refractivity contribution in [2.24, 2.45) is 0 Å². The van der Waals surface area contributed by atoms with E-state index in [0.29, 0.717) is 12.1 Å². The molecule has 9 heteroatoms. The van der Waals surface area contributed by atoms with E-state index in [1.807, 2.05) is 29.6 Å². The molecule has 0 radical (unpaired) electrons. The van der Waals surface area contributed by atoms with Gasteiger partial charge >= 0.3 is 0 Å². The normalized spacial score (nSPS) is 11.2. The molecule has 0 spiro atoms. The molecule has 1 heterocycles. The second-order valence-corrected chi connectivity index (χ2v) is 8.85. The maximum atomic E-state index is 12.4. The first-order chi connectivity index (χ1) is 13.9. The fourth-order valence-corrected chi connectivity index (χ4v) is 4.51. The summed E-state index contributed by atoms with van der Waals surface area (Å²) in [5.74, 6) is 0.548. The first kappa shape index (κ1) is 21.0. The lowest BCUT2D eigenvalue weighted by atomic mass is 10.2. The lowest BCUT2D eigenvalue weighted by Crippen LogP contribution is -2.26. The summed E-state index contributed by atoms with van der Waals surface area (Å²) in [7, 11) is -2.02. The Morgan fingerprint density at radius 1 is 1.17 bits per heavy atom. The summed E-state index contributed by atoms with van der Waals surface area (Å²) in [6, 6.07) is 13.7. The van der Waals surface area contributed by atoms with Gasteiger partial charge in [-0.1, -0.05) is 12.1 Å². The molecule has 0 bridgehead atoms. The highest BCUT2D eigenvalue weighted by atomic mass is 32.2. The molecule has 1 aromatic heterocycles. The van der Waals surface area contributed by atoms with Gasteiger partial charge in [0.1, 0.15) is 10.8 Å². The molecule has 3 rings (SSSR count). The van der Waals surface area contributed by atoms with E-state index in [-0.39, 0.29) is 17.3 Å². The number of methoxy groups -OCH3 is 1. The second kappa shape index (κ2) is 9.17. The summed E-state index contributed by atoms with van der Waals surface area (Å²) < 4.78 is 32.7. The summed E-state index contributed by atoms with van der Waals surface area (Å²) >= 11 is 1.50. The van der Waals surface area contributed by atoms with Crippen molar-refractivity contribution >= 4 is 33.0 Å². The third-order valence-corrected chi connectivity index (χ3v) is 6.44. The van der Waals surface area contributed by atoms with Gasteiger partial charge in [-0.2, -0.15) is 0 Å². The van der Waals surface area contributed by atoms with Crippen LogP contribution in [0, 0.1) is 0 Å². The van der Waals surface area contributed by atoms with Crippen LogP contribution >= 0.6 is 11.3 Å². The van der Waals surface area contributed by atoms with Crippen LogP contribution in [-0.4, -0.2) is 33.0 Å². The molecule has 0 saturated heterocycles. The minimum absolute atomic E-state index is 0.141. The maximum Gasteiger partial charge on any atom is 0.240 e. The van der Waals surface area contributed by atoms with Gasteiger partial charge in [-0.3, -0.25) is 4.79 Å². The fraction of sp³-hybridized carbons (Fsp3) is 0.200. The van der Waals surface area contributed by atoms with Crippen LogP contribution in [0.25, 0.3) is 10.6 Å². The molecule has 3 aromatic rings. The third-order valence-electron chi connectivity index (χ3n) is 4.03. The van der Waals surface area contributed by atoms with Gasteiger partial charge in [0.2, 0.25) is 15.9 Å². The van der Waals surface area contributed by atoms with Crippen LogP contribution in [0.1, 0.15) is 12.6 Å². The summed E-state index contributed by atoms with van der Waals surface area (Å²) in [6.45, 7) is 1.63. The number of aromatic nitrogens is 1. The van der Waals surface area contributed by atoms with Gasteiger partial charge in [-0.15, -0.1) is 11.3 Å². The molecule has 1 amide bonds. The number of thiazole rings is 1. The number of hydrogen-bond acceptors (Lipinski definition) is 6. The maximum absolute atomic E-state index is 12.4. The minimum atomic E-state index is -3.63. The molecule has 0 aliphatic carbocycles. The van der Waals surface area contributed by atoms with E-state index in [1.165, 1.54) is 30.4 Å². The summed E-state index contributed by atoms with van der Waals surface area (Å²) in [4.78, 5) is 15.8. The van der Waals surface area contributed by atoms with Crippen LogP contribution in [0.4, 0.5) is 5.69 Å². The van der Waals surface area contributed by atoms with Crippen LogP contribution in [0.2, 0.25) is 0 Å². The largest absolute Gasteiger partial charge is 0.497 e. The molecular weight excluding hydrogens is 410 g/mol. The second-order valence-electron chi connectivity index (χ2n) is 6.23. The van der Waals surface area contributed by atoms with Crippen molar-refractivity contribution in [1.29, 1.82) is 0 Å². The molecule has 0 saturated carbocycles. The Morgan fingerprint density at radius 3 is 2.62 bits per heavy atom. The lowest BCUT2D eigenvalue weighted by molar-refractivity contribution is -0.114. The van der Waals surface area contributed by atoms with Crippen LogP contribution < -0.4 is 14.8 Å². The van der Waals surface area contributed by atoms with Crippen molar-refractivity contribution < 1.29 is 17.9 Å². The van der Waals surface area contributed by atoms with Crippen LogP contribution in [0.3, 0.4) is 0 Å². The zero-order valence-electron chi connectivity index (χ0n) is 16.0. The number of carbonyl (C=O) groups excluding carboxylic acids is 1. The highest BCUT2D eigenvalue weighted by Gasteiger charge is 2.14. The number of sulfonamides is 1. The molecule has 2 aromatic carbocycles. The minimum Gasteiger partial charge on any atom is -0.497 e. The number of ether oxygens (including phenoxy) is 1. The molecular formula is C20H21N3O4S2. The van der Waals surface area contributed by atoms with Crippen molar-refractivity contribution in [2.75, 3.05) is 19.0 Å². The topological polar surface area (TPSA) is 97.4 Å². The Labute approximate surface area is 173 Å². The van der Waals surface area contributed by atoms with E-state index in [1.54, 1.807) is 19.2 Å². The zero-order valence-corrected chi connectivity index (χ0v) is 17.6. The lowest BCUT2D eigenvalue weighted by Gasteiger charge is -2.07. The number of benzene rings is 2. The first-order valence-electron chi connectivity index (χ1n) is 8.83. The smallest absolute Gasteiger partial charge is 0.240 e. The van der Waals surface area contributed by atoms with Gasteiger partial charge in [0.25, 0.3) is 0 Å². The number of nitrogens with one attached hydrogen (secondary N) is 2. The van der Waals surface area contributed by atoms with Crippen molar-refractivity contribution in [3.05, 3.63) is 59.6 Å². The van der Waals surface area contributed by atoms with E-state index in [2.05, 4.69) is 15.0 Å². The molecule has 0 aliphatic rings. The molecule has 2 N–H and O–H groups in total. The van der Waals surface area contributed by atoms with E-state index >= 15 is 0 Å². The van der Waals surface area contributed by atoms with Gasteiger partial charge in [0.15, 0.2) is 0 Å². The van der Waals surface area contributed by atoms with E-state index in [0.717, 1.165) is 22.0 Å². The number of carbonyl (C=O) groups is 1. The van der Waals surface area contributed by atoms with Crippen molar-refractivity contribution in [3.8, 4) is 16.3 Å². The molecule has 0 aliphatic heterocycles. The average molecular weight is 432 g/mol. The van der Waals surface area contributed by atoms with Crippen LogP contribution in [0.15, 0.2) is 58.8 Å². The Kier molecular flexibility index (Phi) is 6.63. The Morgan fingerprint density at radius 2 is 1.93 bits per heavy atom. The van der Waals surface area contributed by atoms with Gasteiger partial charge < -0.3 is 10.1 Å². The van der Waals surface area contributed by atoms with Gasteiger partial charge in [0.05, 0.1) is 17.7 Å². The number of hydrogen-bond donors (Lipinski definition) is 2. The van der Waals surface area contributed by atoms with Crippen molar-refractivity contribution in [2.45, 2.75) is 18.2 Å². The molecule has 0 atom stereocenters. The molecule has 29 heavy (non-hydrogen) atoms. The first-order valence-corrected chi connectivity index (χ1v) is 11.2. The number of nitrogens with zero attached hydrogens (tertiary/aromatic N) is 1. The highest BCUT2D eigenvalue weighted by Crippen LogP contribution is 2.27. The van der Waals surface area contributed by atoms with Gasteiger partial charge in [-0.05, 0) is 36.4 Å². The summed E-state index contributed by atoms with van der Waals surface area (Å²) in [5.41, 5.74) is 2.32. The van der Waals surface area contributed by atoms with Crippen molar-refractivity contribution in [3.63, 3.8) is 0 Å². The fourth-order valence-electron chi connectivity index (χ4n) is 2.63. The summed E-state index contributed by atoms with van der Waals surface area (Å²) in [5, 5.41) is 5.38. The average Bonchev–Trinajstić information content (AvgIpc) is 3.17. The number of anilines is 1. The molecule has 0 fully saturated rings. The Hall–Kier alpha value is -2.75. The number of rotatable bonds is 8. The molecule has 152 valence electrons. The summed E-state index contributed by atoms with van der Waals surface area (Å²) in [6.07, 6.45) is 0.476. The van der Waals surface area contributed by atoms with E-state index < -0.39 is 10.0 Å². The van der Waals surface area contributed by atoms with Crippen molar-refractivity contribution in [1.82, 2.24) is 9.71 Å². The quantitative estimate of drug-likeness (QED) is 0.570. The Balaban J connectivity index is 1.59. The molecule has 7 nitrogen and oxygen atoms in total. The standard InChI is InChI=1S/C20H21N3O4S2/c1-14(24)22-16-6-8-19(9-7-16)29(25,26)21-11-10-17-13-28-20(23-17)15-4-3-5-18(12-15)27-2/h3-9,12-13,21H,10-11H2,1-2H3,(H,22,24). The molecule has 0 unspecified atom stereocenters. The van der Waals surface area contributed by atoms with Crippen LogP contribution in [-0.2, 0) is 21.2 Å². The Bertz CT molecular complexity index is 1090. The van der Waals surface area contributed by atoms with Gasteiger partial charge in [-0.25, -0.2) is 18.1 Å². The SMILES string of the molecule is COc1cccc(-c2nc(CCNS(=O)(=O)c3ccc(NC(C)=O)cc3)cs2)c1. The number of amides is 1. The van der Waals surface area contributed by atoms with Crippen LogP contribution in [0.5, 0.6) is 5.75 Å². The van der Waals surface area contributed by atoms with Gasteiger partial charge in [0, 0.05) is 36.5 Å². The van der Waals surface area contributed by atoms with E-state index in [4.69, 9.17) is 4.74 Å².